The van der Waals surface area contributed by atoms with Crippen LogP contribution in [0.15, 0.2) is 46.8 Å². The van der Waals surface area contributed by atoms with Crippen LogP contribution in [0.4, 0.5) is 0 Å². The Morgan fingerprint density at radius 2 is 2.13 bits per heavy atom. The van der Waals surface area contributed by atoms with Crippen molar-refractivity contribution in [2.75, 3.05) is 11.5 Å². The van der Waals surface area contributed by atoms with E-state index in [-0.39, 0.29) is 11.4 Å². The van der Waals surface area contributed by atoms with E-state index in [1.165, 1.54) is 52.7 Å². The van der Waals surface area contributed by atoms with Crippen LogP contribution in [0.25, 0.3) is 0 Å². The molecule has 1 saturated heterocycles. The van der Waals surface area contributed by atoms with Gasteiger partial charge in [-0.1, -0.05) is 29.1 Å². The standard InChI is InChI=1S/C18H18N6O5S2/c19-12(8-1-3-10(25)4-2-8)15(26)21-13-16(27)24-14(18(28)29)9(7-31-17(13)24)6-30-11-5-20-23-22-11/h1-5,12-13,17,25H,6-7,19H2,(H,21,26)(H,28,29)(H,20,22,23)/t12?,13?,17-/m0/s1. The highest BCUT2D eigenvalue weighted by atomic mass is 32.2. The van der Waals surface area contributed by atoms with Crippen molar-refractivity contribution in [2.45, 2.75) is 22.5 Å². The number of carbonyl (C=O) groups excluding carboxylic acids is 2. The maximum absolute atomic E-state index is 12.7. The maximum Gasteiger partial charge on any atom is 0.352 e. The number of thioether (sulfide) groups is 2. The summed E-state index contributed by atoms with van der Waals surface area (Å²) in [6.07, 6.45) is 1.60. The van der Waals surface area contributed by atoms with Crippen LogP contribution >= 0.6 is 23.5 Å². The molecule has 3 atom stereocenters. The lowest BCUT2D eigenvalue weighted by atomic mass is 10.0. The van der Waals surface area contributed by atoms with Crippen LogP contribution in [0, 0.1) is 0 Å². The summed E-state index contributed by atoms with van der Waals surface area (Å²) >= 11 is 2.70. The first-order valence-corrected chi connectivity index (χ1v) is 11.1. The predicted molar refractivity (Wildman–Crippen MR) is 112 cm³/mol. The summed E-state index contributed by atoms with van der Waals surface area (Å²) < 4.78 is 0. The lowest BCUT2D eigenvalue weighted by Gasteiger charge is -2.49. The molecule has 2 aliphatic heterocycles. The number of nitrogens with two attached hydrogens (primary N) is 1. The number of carbonyl (C=O) groups is 3. The van der Waals surface area contributed by atoms with Gasteiger partial charge in [0.1, 0.15) is 33.9 Å². The summed E-state index contributed by atoms with van der Waals surface area (Å²) in [6.45, 7) is 0. The molecule has 162 valence electrons. The third-order valence-corrected chi connectivity index (χ3v) is 7.20. The number of aliphatic carboxylic acids is 1. The van der Waals surface area contributed by atoms with Crippen LogP contribution in [0.5, 0.6) is 5.75 Å². The summed E-state index contributed by atoms with van der Waals surface area (Å²) in [5.74, 6) is -1.45. The molecular weight excluding hydrogens is 444 g/mol. The van der Waals surface area contributed by atoms with E-state index < -0.39 is 35.2 Å². The summed E-state index contributed by atoms with van der Waals surface area (Å²) in [5.41, 5.74) is 6.99. The number of hydrogen-bond acceptors (Lipinski definition) is 9. The van der Waals surface area contributed by atoms with Crippen LogP contribution in [0.2, 0.25) is 0 Å². The number of carboxylic acids is 1. The minimum atomic E-state index is -1.19. The number of nitrogens with one attached hydrogen (secondary N) is 2. The van der Waals surface area contributed by atoms with E-state index in [1.54, 1.807) is 6.20 Å². The van der Waals surface area contributed by atoms with E-state index in [1.807, 2.05) is 0 Å². The van der Waals surface area contributed by atoms with Gasteiger partial charge in [0.05, 0.1) is 6.20 Å². The Hall–Kier alpha value is -3.03. The zero-order valence-corrected chi connectivity index (χ0v) is 17.5. The number of phenols is 1. The van der Waals surface area contributed by atoms with Crippen LogP contribution in [0.1, 0.15) is 11.6 Å². The Morgan fingerprint density at radius 1 is 1.39 bits per heavy atom. The molecule has 0 spiro atoms. The number of H-pyrrole nitrogens is 1. The Morgan fingerprint density at radius 3 is 2.77 bits per heavy atom. The van der Waals surface area contributed by atoms with E-state index in [4.69, 9.17) is 5.73 Å². The largest absolute Gasteiger partial charge is 0.508 e. The van der Waals surface area contributed by atoms with Crippen LogP contribution < -0.4 is 11.1 Å². The fourth-order valence-corrected chi connectivity index (χ4v) is 5.56. The zero-order chi connectivity index (χ0) is 22.1. The average molecular weight is 463 g/mol. The van der Waals surface area contributed by atoms with Crippen molar-refractivity contribution in [3.05, 3.63) is 47.3 Å². The number of aromatic hydroxyl groups is 1. The van der Waals surface area contributed by atoms with Gasteiger partial charge in [-0.25, -0.2) is 4.79 Å². The molecule has 0 radical (unpaired) electrons. The summed E-state index contributed by atoms with van der Waals surface area (Å²) in [7, 11) is 0. The topological polar surface area (TPSA) is 175 Å². The van der Waals surface area contributed by atoms with E-state index in [0.29, 0.717) is 27.7 Å². The first kappa shape index (κ1) is 21.2. The van der Waals surface area contributed by atoms with Crippen molar-refractivity contribution >= 4 is 41.3 Å². The van der Waals surface area contributed by atoms with Crippen LogP contribution in [-0.2, 0) is 14.4 Å². The Labute approximate surface area is 184 Å². The van der Waals surface area contributed by atoms with Gasteiger partial charge in [-0.15, -0.1) is 16.9 Å². The van der Waals surface area contributed by atoms with Gasteiger partial charge in [0.25, 0.3) is 5.91 Å². The Bertz CT molecular complexity index is 1040. The number of carboxylic acid groups (broad SMARTS) is 1. The molecule has 13 heteroatoms. The van der Waals surface area contributed by atoms with Gasteiger partial charge in [0.2, 0.25) is 5.91 Å². The molecule has 2 amide bonds. The van der Waals surface area contributed by atoms with Crippen molar-refractivity contribution in [1.29, 1.82) is 0 Å². The van der Waals surface area contributed by atoms with Crippen molar-refractivity contribution in [2.24, 2.45) is 5.73 Å². The van der Waals surface area contributed by atoms with Gasteiger partial charge in [-0.2, -0.15) is 0 Å². The molecule has 3 heterocycles. The molecule has 2 unspecified atom stereocenters. The van der Waals surface area contributed by atoms with Crippen molar-refractivity contribution in [1.82, 2.24) is 25.6 Å². The van der Waals surface area contributed by atoms with Crippen molar-refractivity contribution < 1.29 is 24.6 Å². The summed E-state index contributed by atoms with van der Waals surface area (Å²) in [5, 5.41) is 31.8. The quantitative estimate of drug-likeness (QED) is 0.279. The van der Waals surface area contributed by atoms with Gasteiger partial charge in [-0.3, -0.25) is 19.6 Å². The van der Waals surface area contributed by atoms with E-state index in [2.05, 4.69) is 20.7 Å². The highest BCUT2D eigenvalue weighted by Gasteiger charge is 2.54. The molecule has 1 fully saturated rings. The normalized spacial score (nSPS) is 21.3. The van der Waals surface area contributed by atoms with Gasteiger partial charge >= 0.3 is 5.97 Å². The SMILES string of the molecule is NC(C(=O)NC1C(=O)N2C(C(=O)O)=C(CSc3c[nH]nn3)CS[C@@H]12)c1ccc(O)cc1. The third kappa shape index (κ3) is 4.11. The van der Waals surface area contributed by atoms with Gasteiger partial charge in [-0.05, 0) is 23.3 Å². The summed E-state index contributed by atoms with van der Waals surface area (Å²) in [6, 6.07) is 3.98. The Kier molecular flexibility index (Phi) is 5.89. The molecular formula is C18H18N6O5S2. The first-order chi connectivity index (χ1) is 14.9. The lowest BCUT2D eigenvalue weighted by Crippen LogP contribution is -2.71. The smallest absolute Gasteiger partial charge is 0.352 e. The minimum absolute atomic E-state index is 0.0466. The number of hydrogen-bond donors (Lipinski definition) is 5. The van der Waals surface area contributed by atoms with Gasteiger partial charge in [0.15, 0.2) is 0 Å². The maximum atomic E-state index is 12.7. The van der Waals surface area contributed by atoms with Crippen molar-refractivity contribution in [3.63, 3.8) is 0 Å². The average Bonchev–Trinajstić information content (AvgIpc) is 3.28. The van der Waals surface area contributed by atoms with Crippen LogP contribution in [-0.4, -0.2) is 71.2 Å². The fraction of sp³-hybridized carbons (Fsp3) is 0.278. The number of amides is 2. The number of nitrogens with zero attached hydrogens (tertiary/aromatic N) is 3. The number of rotatable bonds is 7. The Balaban J connectivity index is 1.45. The molecule has 4 rings (SSSR count). The molecule has 1 aromatic carbocycles. The van der Waals surface area contributed by atoms with E-state index in [9.17, 15) is 24.6 Å². The number of aromatic amines is 1. The third-order valence-electron chi connectivity index (χ3n) is 4.87. The fourth-order valence-electron chi connectivity index (χ4n) is 3.29. The van der Waals surface area contributed by atoms with E-state index >= 15 is 0 Å². The number of phenolic OH excluding ortho intramolecular Hbond substituents is 1. The highest BCUT2D eigenvalue weighted by molar-refractivity contribution is 8.01. The van der Waals surface area contributed by atoms with Gasteiger partial charge in [0, 0.05) is 11.5 Å². The molecule has 11 nitrogen and oxygen atoms in total. The van der Waals surface area contributed by atoms with E-state index in [0.717, 1.165) is 0 Å². The molecule has 0 saturated carbocycles. The molecule has 31 heavy (non-hydrogen) atoms. The highest BCUT2D eigenvalue weighted by Crippen LogP contribution is 2.41. The number of fused-ring (bicyclic) bond motifs is 1. The zero-order valence-electron chi connectivity index (χ0n) is 15.9. The molecule has 0 bridgehead atoms. The number of aromatic nitrogens is 3. The molecule has 2 aliphatic rings. The molecule has 2 aromatic rings. The minimum Gasteiger partial charge on any atom is -0.508 e. The predicted octanol–water partition coefficient (Wildman–Crippen LogP) is 0.0410. The van der Waals surface area contributed by atoms with Crippen molar-refractivity contribution in [3.8, 4) is 5.75 Å². The number of benzene rings is 1. The van der Waals surface area contributed by atoms with Crippen LogP contribution in [0.3, 0.4) is 0 Å². The summed E-state index contributed by atoms with van der Waals surface area (Å²) in [4.78, 5) is 38.4. The second-order valence-electron chi connectivity index (χ2n) is 6.82. The van der Waals surface area contributed by atoms with Gasteiger partial charge < -0.3 is 21.3 Å². The molecule has 0 aliphatic carbocycles. The molecule has 1 aromatic heterocycles. The first-order valence-electron chi connectivity index (χ1n) is 9.11. The lowest BCUT2D eigenvalue weighted by molar-refractivity contribution is -0.150. The molecule has 6 N–H and O–H groups in total. The second kappa shape index (κ2) is 8.61. The second-order valence-corrected chi connectivity index (χ2v) is 8.92. The monoisotopic (exact) mass is 462 g/mol. The number of β-lactam (4-membered cyclic amide) rings is 1.